The summed E-state index contributed by atoms with van der Waals surface area (Å²) in [5, 5.41) is 4.81. The summed E-state index contributed by atoms with van der Waals surface area (Å²) >= 11 is 0. The first kappa shape index (κ1) is 26.0. The Morgan fingerprint density at radius 2 is 1.33 bits per heavy atom. The largest absolute Gasteiger partial charge is 0.497 e. The summed E-state index contributed by atoms with van der Waals surface area (Å²) in [5.74, 6) is 1.16. The minimum atomic E-state index is -4.68. The van der Waals surface area contributed by atoms with E-state index < -0.39 is 11.9 Å². The molecule has 3 aromatic carbocycles. The van der Waals surface area contributed by atoms with E-state index in [1.807, 2.05) is 43.3 Å². The minimum absolute atomic E-state index is 0.146. The average molecular weight is 531 g/mol. The van der Waals surface area contributed by atoms with E-state index in [4.69, 9.17) is 14.6 Å². The molecule has 2 aromatic heterocycles. The van der Waals surface area contributed by atoms with Crippen LogP contribution in [0.4, 0.5) is 13.2 Å². The number of nitrogens with zero attached hydrogens (tertiary/aromatic N) is 4. The molecule has 0 aliphatic heterocycles. The number of alkyl halides is 3. The topological polar surface area (TPSA) is 62.1 Å². The number of methoxy groups -OCH3 is 2. The number of rotatable bonds is 7. The van der Waals surface area contributed by atoms with Crippen molar-refractivity contribution < 1.29 is 22.6 Å². The van der Waals surface area contributed by atoms with Gasteiger partial charge in [0.05, 0.1) is 31.3 Å². The lowest BCUT2D eigenvalue weighted by Crippen LogP contribution is -2.14. The van der Waals surface area contributed by atoms with Gasteiger partial charge in [-0.3, -0.25) is 0 Å². The molecule has 0 spiro atoms. The summed E-state index contributed by atoms with van der Waals surface area (Å²) in [4.78, 5) is 8.51. The summed E-state index contributed by atoms with van der Waals surface area (Å²) in [7, 11) is 3.15. The van der Waals surface area contributed by atoms with Gasteiger partial charge in [0.15, 0.2) is 5.69 Å². The van der Waals surface area contributed by atoms with Crippen molar-refractivity contribution in [1.82, 2.24) is 19.7 Å². The smallest absolute Gasteiger partial charge is 0.433 e. The van der Waals surface area contributed by atoms with Crippen LogP contribution in [-0.4, -0.2) is 34.0 Å². The normalized spacial score (nSPS) is 11.4. The molecule has 0 bridgehead atoms. The van der Waals surface area contributed by atoms with Crippen LogP contribution in [0.3, 0.4) is 0 Å². The van der Waals surface area contributed by atoms with Crippen molar-refractivity contribution in [2.45, 2.75) is 19.5 Å². The third kappa shape index (κ3) is 5.20. The Kier molecular flexibility index (Phi) is 7.06. The fraction of sp³-hybridized carbons (Fsp3) is 0.167. The van der Waals surface area contributed by atoms with Crippen LogP contribution < -0.4 is 9.47 Å². The Balaban J connectivity index is 1.80. The maximum Gasteiger partial charge on any atom is 0.433 e. The predicted octanol–water partition coefficient (Wildman–Crippen LogP) is 7.26. The molecule has 0 saturated heterocycles. The highest BCUT2D eigenvalue weighted by Gasteiger charge is 2.34. The first-order valence-corrected chi connectivity index (χ1v) is 12.2. The Labute approximate surface area is 223 Å². The van der Waals surface area contributed by atoms with Gasteiger partial charge in [0.2, 0.25) is 0 Å². The molecule has 6 nitrogen and oxygen atoms in total. The first-order valence-electron chi connectivity index (χ1n) is 12.2. The van der Waals surface area contributed by atoms with Gasteiger partial charge < -0.3 is 9.47 Å². The molecule has 2 heterocycles. The van der Waals surface area contributed by atoms with E-state index in [0.717, 1.165) is 22.8 Å². The van der Waals surface area contributed by atoms with E-state index >= 15 is 0 Å². The SMILES string of the molecule is CCc1c(-c2ccc(OC)cc2)nn(-c2nc(-c3ccccc3)cc(C(F)(F)F)n2)c1-c1ccc(OC)cc1. The van der Waals surface area contributed by atoms with Gasteiger partial charge in [0.25, 0.3) is 5.95 Å². The molecule has 9 heteroatoms. The van der Waals surface area contributed by atoms with Gasteiger partial charge in [0.1, 0.15) is 11.5 Å². The van der Waals surface area contributed by atoms with Gasteiger partial charge in [-0.15, -0.1) is 0 Å². The molecule has 0 aliphatic carbocycles. The maximum absolute atomic E-state index is 14.0. The lowest BCUT2D eigenvalue weighted by molar-refractivity contribution is -0.141. The molecule has 0 aliphatic rings. The van der Waals surface area contributed by atoms with Gasteiger partial charge in [-0.05, 0) is 61.0 Å². The standard InChI is InChI=1S/C30H25F3N4O2/c1-4-24-27(20-10-14-22(38-2)15-11-20)36-37(28(24)21-12-16-23(39-3)17-13-21)29-34-25(19-8-6-5-7-9-19)18-26(35-29)30(31,32)33/h5-18H,4H2,1-3H3. The zero-order valence-electron chi connectivity index (χ0n) is 21.5. The summed E-state index contributed by atoms with van der Waals surface area (Å²) in [5.41, 5.74) is 3.22. The monoisotopic (exact) mass is 530 g/mol. The van der Waals surface area contributed by atoms with Crippen LogP contribution in [0.1, 0.15) is 18.2 Å². The van der Waals surface area contributed by atoms with Crippen LogP contribution in [0.5, 0.6) is 11.5 Å². The average Bonchev–Trinajstić information content (AvgIpc) is 3.37. The van der Waals surface area contributed by atoms with Crippen molar-refractivity contribution in [2.75, 3.05) is 14.2 Å². The van der Waals surface area contributed by atoms with Gasteiger partial charge in [0, 0.05) is 22.3 Å². The summed E-state index contributed by atoms with van der Waals surface area (Å²) in [6.07, 6.45) is -4.12. The lowest BCUT2D eigenvalue weighted by Gasteiger charge is -2.13. The van der Waals surface area contributed by atoms with Gasteiger partial charge >= 0.3 is 6.18 Å². The molecular formula is C30H25F3N4O2. The highest BCUT2D eigenvalue weighted by Crippen LogP contribution is 2.37. The number of benzene rings is 3. The number of halogens is 3. The molecule has 0 radical (unpaired) electrons. The van der Waals surface area contributed by atoms with Crippen molar-refractivity contribution in [2.24, 2.45) is 0 Å². The van der Waals surface area contributed by atoms with Gasteiger partial charge in [-0.25, -0.2) is 9.97 Å². The zero-order chi connectivity index (χ0) is 27.6. The van der Waals surface area contributed by atoms with E-state index in [-0.39, 0.29) is 11.6 Å². The van der Waals surface area contributed by atoms with Crippen LogP contribution in [0, 0.1) is 0 Å². The zero-order valence-corrected chi connectivity index (χ0v) is 21.5. The molecule has 198 valence electrons. The number of hydrogen-bond acceptors (Lipinski definition) is 5. The lowest BCUT2D eigenvalue weighted by atomic mass is 10.00. The van der Waals surface area contributed by atoms with Crippen molar-refractivity contribution >= 4 is 0 Å². The van der Waals surface area contributed by atoms with Crippen molar-refractivity contribution in [1.29, 1.82) is 0 Å². The minimum Gasteiger partial charge on any atom is -0.497 e. The second-order valence-electron chi connectivity index (χ2n) is 8.70. The molecule has 0 amide bonds. The van der Waals surface area contributed by atoms with Crippen molar-refractivity contribution in [3.8, 4) is 51.2 Å². The van der Waals surface area contributed by atoms with E-state index in [0.29, 0.717) is 34.9 Å². The molecule has 0 atom stereocenters. The highest BCUT2D eigenvalue weighted by atomic mass is 19.4. The van der Waals surface area contributed by atoms with E-state index in [1.54, 1.807) is 56.7 Å². The predicted molar refractivity (Wildman–Crippen MR) is 143 cm³/mol. The van der Waals surface area contributed by atoms with E-state index in [9.17, 15) is 13.2 Å². The quantitative estimate of drug-likeness (QED) is 0.222. The molecule has 5 aromatic rings. The summed E-state index contributed by atoms with van der Waals surface area (Å²) in [6.45, 7) is 1.98. The third-order valence-electron chi connectivity index (χ3n) is 6.33. The third-order valence-corrected chi connectivity index (χ3v) is 6.33. The fourth-order valence-corrected chi connectivity index (χ4v) is 4.39. The van der Waals surface area contributed by atoms with Crippen LogP contribution in [0.15, 0.2) is 84.9 Å². The molecule has 0 fully saturated rings. The van der Waals surface area contributed by atoms with Crippen LogP contribution in [0.25, 0.3) is 39.7 Å². The Hall–Kier alpha value is -4.66. The molecule has 0 unspecified atom stereocenters. The van der Waals surface area contributed by atoms with Gasteiger partial charge in [-0.1, -0.05) is 37.3 Å². The molecule has 5 rings (SSSR count). The second kappa shape index (κ2) is 10.6. The maximum atomic E-state index is 14.0. The Bertz CT molecular complexity index is 1580. The van der Waals surface area contributed by atoms with E-state index in [1.165, 1.54) is 4.68 Å². The van der Waals surface area contributed by atoms with Crippen molar-refractivity contribution in [3.05, 3.63) is 96.2 Å². The fourth-order valence-electron chi connectivity index (χ4n) is 4.39. The van der Waals surface area contributed by atoms with Crippen LogP contribution in [0.2, 0.25) is 0 Å². The summed E-state index contributed by atoms with van der Waals surface area (Å²) in [6, 6.07) is 24.3. The van der Waals surface area contributed by atoms with E-state index in [2.05, 4.69) is 9.97 Å². The Morgan fingerprint density at radius 3 is 1.87 bits per heavy atom. The number of aromatic nitrogens is 4. The molecular weight excluding hydrogens is 505 g/mol. The highest BCUT2D eigenvalue weighted by molar-refractivity contribution is 5.76. The molecule has 0 saturated carbocycles. The molecule has 39 heavy (non-hydrogen) atoms. The Morgan fingerprint density at radius 1 is 0.744 bits per heavy atom. The van der Waals surface area contributed by atoms with Crippen LogP contribution >= 0.6 is 0 Å². The number of ether oxygens (including phenoxy) is 2. The van der Waals surface area contributed by atoms with Crippen molar-refractivity contribution in [3.63, 3.8) is 0 Å². The first-order chi connectivity index (χ1) is 18.8. The molecule has 0 N–H and O–H groups in total. The van der Waals surface area contributed by atoms with Gasteiger partial charge in [-0.2, -0.15) is 23.0 Å². The summed E-state index contributed by atoms with van der Waals surface area (Å²) < 4.78 is 54.1. The second-order valence-corrected chi connectivity index (χ2v) is 8.70. The number of hydrogen-bond donors (Lipinski definition) is 0. The van der Waals surface area contributed by atoms with Crippen LogP contribution in [-0.2, 0) is 12.6 Å².